The molecule has 1 saturated heterocycles. The summed E-state index contributed by atoms with van der Waals surface area (Å²) in [5, 5.41) is 4.70. The van der Waals surface area contributed by atoms with E-state index in [4.69, 9.17) is 5.10 Å². The van der Waals surface area contributed by atoms with E-state index < -0.39 is 0 Å². The van der Waals surface area contributed by atoms with Crippen LogP contribution in [0.15, 0.2) is 54.9 Å². The second-order valence-electron chi connectivity index (χ2n) is 7.91. The molecule has 1 fully saturated rings. The van der Waals surface area contributed by atoms with Gasteiger partial charge in [0.2, 0.25) is 5.91 Å². The third kappa shape index (κ3) is 4.60. The van der Waals surface area contributed by atoms with Gasteiger partial charge in [0.05, 0.1) is 11.4 Å². The summed E-state index contributed by atoms with van der Waals surface area (Å²) in [5.74, 6) is 0.241. The van der Waals surface area contributed by atoms with E-state index in [1.807, 2.05) is 47.1 Å². The number of rotatable bonds is 6. The molecular weight excluding hydrogens is 374 g/mol. The number of hydrogen-bond donors (Lipinski definition) is 0. The third-order valence-electron chi connectivity index (χ3n) is 5.91. The molecule has 0 spiro atoms. The van der Waals surface area contributed by atoms with Gasteiger partial charge >= 0.3 is 0 Å². The minimum absolute atomic E-state index is 0.241. The molecule has 1 aliphatic rings. The maximum Gasteiger partial charge on any atom is 0.222 e. The second kappa shape index (κ2) is 9.22. The highest BCUT2D eigenvalue weighted by Crippen LogP contribution is 2.20. The van der Waals surface area contributed by atoms with Crippen LogP contribution in [0.4, 0.5) is 0 Å². The number of aromatic nitrogens is 3. The van der Waals surface area contributed by atoms with E-state index in [0.717, 1.165) is 56.2 Å². The Morgan fingerprint density at radius 1 is 0.967 bits per heavy atom. The summed E-state index contributed by atoms with van der Waals surface area (Å²) in [4.78, 5) is 21.3. The lowest BCUT2D eigenvalue weighted by Crippen LogP contribution is -2.48. The zero-order valence-electron chi connectivity index (χ0n) is 17.8. The summed E-state index contributed by atoms with van der Waals surface area (Å²) in [6.07, 6.45) is 4.94. The van der Waals surface area contributed by atoms with Crippen molar-refractivity contribution in [1.82, 2.24) is 24.6 Å². The Hall–Kier alpha value is -2.99. The van der Waals surface area contributed by atoms with Crippen LogP contribution in [0.1, 0.15) is 28.9 Å². The van der Waals surface area contributed by atoms with Gasteiger partial charge in [0.25, 0.3) is 0 Å². The predicted molar refractivity (Wildman–Crippen MR) is 117 cm³/mol. The lowest BCUT2D eigenvalue weighted by Gasteiger charge is -2.34. The van der Waals surface area contributed by atoms with Crippen LogP contribution < -0.4 is 0 Å². The third-order valence-corrected chi connectivity index (χ3v) is 5.91. The second-order valence-corrected chi connectivity index (χ2v) is 7.91. The molecule has 0 bridgehead atoms. The highest BCUT2D eigenvalue weighted by molar-refractivity contribution is 5.76. The molecule has 1 aliphatic heterocycles. The number of piperazine rings is 1. The van der Waals surface area contributed by atoms with Gasteiger partial charge in [-0.2, -0.15) is 5.10 Å². The van der Waals surface area contributed by atoms with Gasteiger partial charge < -0.3 is 4.90 Å². The fraction of sp³-hybridized carbons (Fsp3) is 0.375. The van der Waals surface area contributed by atoms with Crippen molar-refractivity contribution in [2.45, 2.75) is 33.2 Å². The summed E-state index contributed by atoms with van der Waals surface area (Å²) in [6.45, 7) is 8.46. The van der Waals surface area contributed by atoms with Gasteiger partial charge in [-0.05, 0) is 55.7 Å². The van der Waals surface area contributed by atoms with E-state index in [9.17, 15) is 4.79 Å². The summed E-state index contributed by atoms with van der Waals surface area (Å²) in [5.41, 5.74) is 5.63. The van der Waals surface area contributed by atoms with Crippen molar-refractivity contribution < 1.29 is 4.79 Å². The Balaban J connectivity index is 1.31. The highest BCUT2D eigenvalue weighted by Gasteiger charge is 2.22. The van der Waals surface area contributed by atoms with E-state index in [2.05, 4.69) is 41.1 Å². The van der Waals surface area contributed by atoms with Crippen LogP contribution in [0.3, 0.4) is 0 Å². The van der Waals surface area contributed by atoms with Crippen molar-refractivity contribution in [3.8, 4) is 5.69 Å². The highest BCUT2D eigenvalue weighted by atomic mass is 16.2. The number of carbonyl (C=O) groups is 1. The van der Waals surface area contributed by atoms with Crippen molar-refractivity contribution in [2.24, 2.45) is 0 Å². The van der Waals surface area contributed by atoms with Crippen LogP contribution >= 0.6 is 0 Å². The molecule has 156 valence electrons. The largest absolute Gasteiger partial charge is 0.340 e. The first-order chi connectivity index (χ1) is 14.6. The smallest absolute Gasteiger partial charge is 0.222 e. The van der Waals surface area contributed by atoms with Gasteiger partial charge in [0, 0.05) is 57.2 Å². The number of hydrogen-bond acceptors (Lipinski definition) is 4. The number of pyridine rings is 1. The average molecular weight is 404 g/mol. The number of para-hydroxylation sites is 1. The van der Waals surface area contributed by atoms with Gasteiger partial charge in [-0.25, -0.2) is 4.68 Å². The molecule has 6 heteroatoms. The van der Waals surface area contributed by atoms with E-state index in [1.165, 1.54) is 11.1 Å². The molecule has 4 rings (SSSR count). The molecule has 3 heterocycles. The fourth-order valence-corrected chi connectivity index (χ4v) is 4.15. The number of nitrogens with zero attached hydrogens (tertiary/aromatic N) is 5. The van der Waals surface area contributed by atoms with E-state index in [-0.39, 0.29) is 5.91 Å². The molecule has 1 amide bonds. The molecule has 0 aliphatic carbocycles. The van der Waals surface area contributed by atoms with Gasteiger partial charge in [-0.1, -0.05) is 18.2 Å². The van der Waals surface area contributed by atoms with E-state index >= 15 is 0 Å². The summed E-state index contributed by atoms with van der Waals surface area (Å²) in [7, 11) is 0. The van der Waals surface area contributed by atoms with Crippen molar-refractivity contribution in [1.29, 1.82) is 0 Å². The molecule has 0 radical (unpaired) electrons. The van der Waals surface area contributed by atoms with Crippen LogP contribution in [-0.2, 0) is 17.8 Å². The normalized spacial score (nSPS) is 14.8. The first kappa shape index (κ1) is 20.3. The number of benzene rings is 1. The SMILES string of the molecule is Cc1nn(-c2ccccc2)c(C)c1CCC(=O)N1CCN(Cc2ccncc2)CC1. The average Bonchev–Trinajstić information content (AvgIpc) is 3.07. The van der Waals surface area contributed by atoms with Crippen LogP contribution in [0, 0.1) is 13.8 Å². The molecule has 2 aromatic heterocycles. The minimum Gasteiger partial charge on any atom is -0.340 e. The monoisotopic (exact) mass is 403 g/mol. The van der Waals surface area contributed by atoms with E-state index in [0.29, 0.717) is 6.42 Å². The molecule has 0 atom stereocenters. The summed E-state index contributed by atoms with van der Waals surface area (Å²) in [6, 6.07) is 14.3. The molecule has 0 unspecified atom stereocenters. The lowest BCUT2D eigenvalue weighted by molar-refractivity contribution is -0.133. The minimum atomic E-state index is 0.241. The quantitative estimate of drug-likeness (QED) is 0.634. The van der Waals surface area contributed by atoms with Crippen LogP contribution in [-0.4, -0.2) is 56.7 Å². The topological polar surface area (TPSA) is 54.3 Å². The van der Waals surface area contributed by atoms with Gasteiger partial charge in [0.15, 0.2) is 0 Å². The van der Waals surface area contributed by atoms with Crippen molar-refractivity contribution in [2.75, 3.05) is 26.2 Å². The van der Waals surface area contributed by atoms with Crippen molar-refractivity contribution in [3.05, 3.63) is 77.4 Å². The maximum atomic E-state index is 12.8. The number of amides is 1. The standard InChI is InChI=1S/C24H29N5O/c1-19-23(20(2)29(26-19)22-6-4-3-5-7-22)8-9-24(30)28-16-14-27(15-17-28)18-21-10-12-25-13-11-21/h3-7,10-13H,8-9,14-18H2,1-2H3. The van der Waals surface area contributed by atoms with Gasteiger partial charge in [-0.3, -0.25) is 14.7 Å². The molecule has 0 saturated carbocycles. The predicted octanol–water partition coefficient (Wildman–Crippen LogP) is 3.16. The zero-order chi connectivity index (χ0) is 20.9. The Morgan fingerprint density at radius 3 is 2.37 bits per heavy atom. The van der Waals surface area contributed by atoms with Crippen LogP contribution in [0.2, 0.25) is 0 Å². The Kier molecular flexibility index (Phi) is 6.23. The molecular formula is C24H29N5O. The molecule has 3 aromatic rings. The molecule has 0 N–H and O–H groups in total. The number of carbonyl (C=O) groups excluding carboxylic acids is 1. The first-order valence-corrected chi connectivity index (χ1v) is 10.6. The summed E-state index contributed by atoms with van der Waals surface area (Å²) >= 11 is 0. The zero-order valence-corrected chi connectivity index (χ0v) is 17.8. The molecule has 30 heavy (non-hydrogen) atoms. The van der Waals surface area contributed by atoms with Gasteiger partial charge in [0.1, 0.15) is 0 Å². The van der Waals surface area contributed by atoms with Crippen molar-refractivity contribution >= 4 is 5.91 Å². The van der Waals surface area contributed by atoms with Gasteiger partial charge in [-0.15, -0.1) is 0 Å². The number of aryl methyl sites for hydroxylation is 1. The Bertz CT molecular complexity index is 976. The van der Waals surface area contributed by atoms with Crippen molar-refractivity contribution in [3.63, 3.8) is 0 Å². The maximum absolute atomic E-state index is 12.8. The van der Waals surface area contributed by atoms with Crippen LogP contribution in [0.25, 0.3) is 5.69 Å². The first-order valence-electron chi connectivity index (χ1n) is 10.6. The van der Waals surface area contributed by atoms with Crippen LogP contribution in [0.5, 0.6) is 0 Å². The lowest BCUT2D eigenvalue weighted by atomic mass is 10.1. The molecule has 1 aromatic carbocycles. The fourth-order valence-electron chi connectivity index (χ4n) is 4.15. The molecule has 6 nitrogen and oxygen atoms in total. The van der Waals surface area contributed by atoms with E-state index in [1.54, 1.807) is 0 Å². The Morgan fingerprint density at radius 2 is 1.67 bits per heavy atom. The summed E-state index contributed by atoms with van der Waals surface area (Å²) < 4.78 is 1.98. The Labute approximate surface area is 178 Å².